The Morgan fingerprint density at radius 1 is 1.38 bits per heavy atom. The lowest BCUT2D eigenvalue weighted by Gasteiger charge is -2.39. The van der Waals surface area contributed by atoms with E-state index in [1.165, 1.54) is 43.6 Å². The van der Waals surface area contributed by atoms with E-state index < -0.39 is 0 Å². The third-order valence-corrected chi connectivity index (χ3v) is 4.60. The molecule has 0 unspecified atom stereocenters. The highest BCUT2D eigenvalue weighted by molar-refractivity contribution is 7.79. The van der Waals surface area contributed by atoms with E-state index >= 15 is 0 Å². The maximum absolute atomic E-state index is 5.23. The Bertz CT molecular complexity index is 337. The normalized spacial score (nSPS) is 37.8. The smallest absolute Gasteiger partial charge is 0.106 e. The Morgan fingerprint density at radius 2 is 2.19 bits per heavy atom. The molecule has 3 rings (SSSR count). The Labute approximate surface area is 103 Å². The molecule has 3 atom stereocenters. The summed E-state index contributed by atoms with van der Waals surface area (Å²) in [4.78, 5) is 2.61. The molecule has 0 spiro atoms. The van der Waals surface area contributed by atoms with Gasteiger partial charge in [0.1, 0.15) is 5.82 Å². The predicted molar refractivity (Wildman–Crippen MR) is 70.3 cm³/mol. The van der Waals surface area contributed by atoms with Crippen LogP contribution in [0.3, 0.4) is 0 Å². The number of thiocarbonyl (C=S) groups is 1. The first-order chi connectivity index (χ1) is 7.81. The van der Waals surface area contributed by atoms with Gasteiger partial charge >= 0.3 is 0 Å². The number of nitrogens with zero attached hydrogens (tertiary/aromatic N) is 1. The molecule has 2 aliphatic heterocycles. The number of hydrogen-bond donors (Lipinski definition) is 1. The molecule has 16 heavy (non-hydrogen) atoms. The van der Waals surface area contributed by atoms with Crippen molar-refractivity contribution in [2.75, 3.05) is 13.1 Å². The summed E-state index contributed by atoms with van der Waals surface area (Å²) in [5.41, 5.74) is 1.42. The number of rotatable bonds is 1. The highest BCUT2D eigenvalue weighted by atomic mass is 32.1. The third kappa shape index (κ3) is 1.48. The quantitative estimate of drug-likeness (QED) is 0.703. The average Bonchev–Trinajstić information content (AvgIpc) is 2.62. The van der Waals surface area contributed by atoms with Crippen LogP contribution in [0.2, 0.25) is 0 Å². The summed E-state index contributed by atoms with van der Waals surface area (Å²) in [5, 5.41) is 5.53. The van der Waals surface area contributed by atoms with E-state index in [1.807, 2.05) is 5.37 Å². The molecule has 2 fully saturated rings. The van der Waals surface area contributed by atoms with E-state index in [0.717, 1.165) is 24.4 Å². The van der Waals surface area contributed by atoms with Crippen LogP contribution < -0.4 is 5.32 Å². The largest absolute Gasteiger partial charge is 0.371 e. The molecular formula is C13H20N2S. The summed E-state index contributed by atoms with van der Waals surface area (Å²) >= 11 is 5.23. The van der Waals surface area contributed by atoms with Gasteiger partial charge in [-0.25, -0.2) is 0 Å². The van der Waals surface area contributed by atoms with Gasteiger partial charge < -0.3 is 10.2 Å². The zero-order valence-corrected chi connectivity index (χ0v) is 10.7. The predicted octanol–water partition coefficient (Wildman–Crippen LogP) is 2.31. The Balaban J connectivity index is 1.94. The lowest BCUT2D eigenvalue weighted by Crippen LogP contribution is -2.47. The van der Waals surface area contributed by atoms with Crippen molar-refractivity contribution in [1.29, 1.82) is 0 Å². The van der Waals surface area contributed by atoms with Gasteiger partial charge in [0.25, 0.3) is 0 Å². The molecule has 2 heterocycles. The minimum Gasteiger partial charge on any atom is -0.371 e. The summed E-state index contributed by atoms with van der Waals surface area (Å²) in [6.07, 6.45) is 5.47. The number of nitrogens with one attached hydrogen (secondary N) is 1. The van der Waals surface area contributed by atoms with E-state index in [2.05, 4.69) is 17.1 Å². The third-order valence-electron chi connectivity index (χ3n) is 4.34. The van der Waals surface area contributed by atoms with Crippen LogP contribution in [0.25, 0.3) is 0 Å². The standard InChI is InChI=1S/C13H20N2S/c1-9-6-14-13-11(8-16)10-4-2-3-5-12(10)15(13)7-9/h8-10,12,14H,2-7H2,1H3/t9-,10+,12-/m0/s1. The van der Waals surface area contributed by atoms with E-state index in [0.29, 0.717) is 0 Å². The topological polar surface area (TPSA) is 15.3 Å². The molecule has 88 valence electrons. The van der Waals surface area contributed by atoms with Crippen molar-refractivity contribution in [2.24, 2.45) is 11.8 Å². The van der Waals surface area contributed by atoms with Gasteiger partial charge in [0.15, 0.2) is 0 Å². The lowest BCUT2D eigenvalue weighted by atomic mass is 9.82. The molecule has 3 aliphatic rings. The summed E-state index contributed by atoms with van der Waals surface area (Å²) in [5.74, 6) is 2.85. The van der Waals surface area contributed by atoms with Crippen LogP contribution >= 0.6 is 12.2 Å². The number of hydrogen-bond acceptors (Lipinski definition) is 3. The molecule has 1 saturated heterocycles. The van der Waals surface area contributed by atoms with Gasteiger partial charge in [0, 0.05) is 36.0 Å². The fourth-order valence-corrected chi connectivity index (χ4v) is 3.89. The Kier molecular flexibility index (Phi) is 2.66. The van der Waals surface area contributed by atoms with Crippen LogP contribution in [-0.2, 0) is 0 Å². The maximum atomic E-state index is 5.23. The molecule has 0 aromatic rings. The molecule has 3 heteroatoms. The summed E-state index contributed by atoms with van der Waals surface area (Å²) < 4.78 is 0. The molecule has 2 nitrogen and oxygen atoms in total. The van der Waals surface area contributed by atoms with Crippen LogP contribution in [0, 0.1) is 11.8 Å². The molecule has 0 radical (unpaired) electrons. The highest BCUT2D eigenvalue weighted by Crippen LogP contribution is 2.42. The second-order valence-corrected chi connectivity index (χ2v) is 5.75. The van der Waals surface area contributed by atoms with Gasteiger partial charge in [-0.15, -0.1) is 0 Å². The van der Waals surface area contributed by atoms with E-state index in [1.54, 1.807) is 0 Å². The van der Waals surface area contributed by atoms with Crippen LogP contribution in [0.1, 0.15) is 32.6 Å². The molecule has 1 aliphatic carbocycles. The molecule has 0 aromatic heterocycles. The minimum atomic E-state index is 0.721. The van der Waals surface area contributed by atoms with E-state index in [-0.39, 0.29) is 0 Å². The average molecular weight is 236 g/mol. The number of fused-ring (bicyclic) bond motifs is 3. The monoisotopic (exact) mass is 236 g/mol. The van der Waals surface area contributed by atoms with Crippen LogP contribution in [0.4, 0.5) is 0 Å². The fourth-order valence-electron chi connectivity index (χ4n) is 3.60. The summed E-state index contributed by atoms with van der Waals surface area (Å²) in [7, 11) is 0. The fraction of sp³-hybridized carbons (Fsp3) is 0.769. The van der Waals surface area contributed by atoms with Crippen LogP contribution in [-0.4, -0.2) is 29.4 Å². The molecule has 1 saturated carbocycles. The molecular weight excluding hydrogens is 216 g/mol. The van der Waals surface area contributed by atoms with Crippen molar-refractivity contribution in [3.05, 3.63) is 11.4 Å². The van der Waals surface area contributed by atoms with Gasteiger partial charge in [0.05, 0.1) is 0 Å². The molecule has 1 N–H and O–H groups in total. The first-order valence-electron chi connectivity index (χ1n) is 6.51. The zero-order valence-electron chi connectivity index (χ0n) is 9.91. The van der Waals surface area contributed by atoms with Crippen LogP contribution in [0.5, 0.6) is 0 Å². The van der Waals surface area contributed by atoms with Crippen molar-refractivity contribution in [1.82, 2.24) is 10.2 Å². The first kappa shape index (κ1) is 10.6. The molecule has 0 amide bonds. The van der Waals surface area contributed by atoms with Crippen molar-refractivity contribution in [3.8, 4) is 0 Å². The summed E-state index contributed by atoms with van der Waals surface area (Å²) in [6, 6.07) is 0.744. The van der Waals surface area contributed by atoms with Crippen molar-refractivity contribution in [2.45, 2.75) is 38.6 Å². The lowest BCUT2D eigenvalue weighted by molar-refractivity contribution is 0.143. The van der Waals surface area contributed by atoms with Gasteiger partial charge in [-0.1, -0.05) is 32.0 Å². The second-order valence-electron chi connectivity index (χ2n) is 5.52. The van der Waals surface area contributed by atoms with Crippen molar-refractivity contribution >= 4 is 17.6 Å². The molecule has 0 aromatic carbocycles. The van der Waals surface area contributed by atoms with Crippen molar-refractivity contribution < 1.29 is 0 Å². The zero-order chi connectivity index (χ0) is 11.1. The van der Waals surface area contributed by atoms with E-state index in [9.17, 15) is 0 Å². The van der Waals surface area contributed by atoms with Crippen molar-refractivity contribution in [3.63, 3.8) is 0 Å². The van der Waals surface area contributed by atoms with E-state index in [4.69, 9.17) is 12.2 Å². The van der Waals surface area contributed by atoms with Gasteiger partial charge in [0.2, 0.25) is 0 Å². The summed E-state index contributed by atoms with van der Waals surface area (Å²) in [6.45, 7) is 4.66. The Hall–Kier alpha value is -0.570. The Morgan fingerprint density at radius 3 is 3.00 bits per heavy atom. The minimum absolute atomic E-state index is 0.721. The van der Waals surface area contributed by atoms with Crippen LogP contribution in [0.15, 0.2) is 11.4 Å². The first-order valence-corrected chi connectivity index (χ1v) is 6.98. The SMILES string of the molecule is C[C@H]1CNC2=C(C=S)[C@H]3CCCC[C@@H]3N2C1. The van der Waals surface area contributed by atoms with Gasteiger partial charge in [-0.3, -0.25) is 0 Å². The highest BCUT2D eigenvalue weighted by Gasteiger charge is 2.42. The van der Waals surface area contributed by atoms with Gasteiger partial charge in [-0.05, 0) is 18.8 Å². The second kappa shape index (κ2) is 4.02. The molecule has 0 bridgehead atoms. The maximum Gasteiger partial charge on any atom is 0.106 e. The van der Waals surface area contributed by atoms with Gasteiger partial charge in [-0.2, -0.15) is 0 Å².